The highest BCUT2D eigenvalue weighted by Crippen LogP contribution is 2.32. The molecule has 308 valence electrons. The van der Waals surface area contributed by atoms with E-state index in [1.807, 2.05) is 0 Å². The van der Waals surface area contributed by atoms with Crippen LogP contribution in [0.3, 0.4) is 0 Å². The first-order valence-electron chi connectivity index (χ1n) is 17.5. The van der Waals surface area contributed by atoms with Gasteiger partial charge >= 0.3 is 11.9 Å². The largest absolute Gasteiger partial charge is 0.465 e. The molecular formula is C40H44N4O12S2. The lowest BCUT2D eigenvalue weighted by Crippen LogP contribution is -2.22. The number of nitro benzene ring substituents is 1. The Hall–Kier alpha value is -5.95. The molecule has 5 aromatic rings. The minimum absolute atomic E-state index is 0.0919. The molecule has 4 aromatic carbocycles. The summed E-state index contributed by atoms with van der Waals surface area (Å²) >= 11 is 0. The van der Waals surface area contributed by atoms with Crippen molar-refractivity contribution in [1.29, 1.82) is 0 Å². The van der Waals surface area contributed by atoms with Crippen LogP contribution >= 0.6 is 0 Å². The van der Waals surface area contributed by atoms with Gasteiger partial charge < -0.3 is 14.7 Å². The highest BCUT2D eigenvalue weighted by Gasteiger charge is 2.28. The zero-order valence-electron chi connectivity index (χ0n) is 33.1. The second-order valence-electron chi connectivity index (χ2n) is 13.5. The van der Waals surface area contributed by atoms with E-state index in [4.69, 9.17) is 4.74 Å². The van der Waals surface area contributed by atoms with Gasteiger partial charge in [-0.25, -0.2) is 35.0 Å². The van der Waals surface area contributed by atoms with Gasteiger partial charge in [-0.05, 0) is 98.0 Å². The van der Waals surface area contributed by atoms with Gasteiger partial charge in [0.25, 0.3) is 5.69 Å². The van der Waals surface area contributed by atoms with Gasteiger partial charge in [0.05, 0.1) is 57.2 Å². The summed E-state index contributed by atoms with van der Waals surface area (Å²) in [5.41, 5.74) is 3.91. The van der Waals surface area contributed by atoms with Crippen molar-refractivity contribution in [3.63, 3.8) is 0 Å². The molecular weight excluding hydrogens is 793 g/mol. The molecule has 0 saturated carbocycles. The number of ether oxygens (including phenoxy) is 2. The molecule has 5 rings (SSSR count). The van der Waals surface area contributed by atoms with Gasteiger partial charge in [0.2, 0.25) is 20.0 Å². The standard InChI is InChI=1S/C20H22N2O7S.C20H22N2O5S/c1-13(23)17(11-14-5-8-16(9-6-14)30(27,28)21(2)3)18-12-15(20(24)29-4)7-10-19(18)22(25)26;1-13-17(11-14-5-8-16(9-6-14)28(25,26)21(2)3)18-12-15(20(23)27-4)7-10-19(18)22(13)24/h5-10,12,17H,11H2,1-4H3;5-10,12,24H,11H2,1-4H3. The number of aromatic nitrogens is 1. The first-order valence-corrected chi connectivity index (χ1v) is 20.3. The fourth-order valence-corrected chi connectivity index (χ4v) is 7.89. The maximum atomic E-state index is 12.3. The smallest absolute Gasteiger partial charge is 0.337 e. The van der Waals surface area contributed by atoms with E-state index >= 15 is 0 Å². The number of benzene rings is 4. The van der Waals surface area contributed by atoms with Crippen LogP contribution in [0.25, 0.3) is 10.9 Å². The lowest BCUT2D eigenvalue weighted by Gasteiger charge is -2.16. The molecule has 1 N–H and O–H groups in total. The number of nitro groups is 1. The normalized spacial score (nSPS) is 12.2. The molecule has 0 saturated heterocycles. The van der Waals surface area contributed by atoms with Gasteiger partial charge in [-0.1, -0.05) is 24.3 Å². The molecule has 0 fully saturated rings. The number of hydrogen-bond donors (Lipinski definition) is 1. The average Bonchev–Trinajstić information content (AvgIpc) is 3.43. The number of Topliss-reactive ketones (excluding diaryl/α,β-unsaturated/α-hetero) is 1. The number of carbonyl (C=O) groups excluding carboxylic acids is 3. The van der Waals surface area contributed by atoms with Gasteiger partial charge in [0, 0.05) is 45.2 Å². The fraction of sp³-hybridized carbons (Fsp3) is 0.275. The van der Waals surface area contributed by atoms with Crippen LogP contribution in [0.4, 0.5) is 5.69 Å². The number of hydrogen-bond acceptors (Lipinski definition) is 12. The van der Waals surface area contributed by atoms with E-state index in [9.17, 15) is 46.5 Å². The number of fused-ring (bicyclic) bond motifs is 1. The predicted octanol–water partition coefficient (Wildman–Crippen LogP) is 5.36. The minimum atomic E-state index is -3.60. The molecule has 0 bridgehead atoms. The number of sulfonamides is 2. The van der Waals surface area contributed by atoms with E-state index in [1.165, 1.54) is 84.0 Å². The summed E-state index contributed by atoms with van der Waals surface area (Å²) in [6.07, 6.45) is 0.575. The maximum absolute atomic E-state index is 12.3. The van der Waals surface area contributed by atoms with Gasteiger partial charge in [-0.2, -0.15) is 4.73 Å². The van der Waals surface area contributed by atoms with Crippen LogP contribution in [-0.4, -0.2) is 100 Å². The molecule has 1 heterocycles. The molecule has 0 spiro atoms. The van der Waals surface area contributed by atoms with Crippen molar-refractivity contribution < 1.29 is 50.8 Å². The second-order valence-corrected chi connectivity index (χ2v) is 17.8. The van der Waals surface area contributed by atoms with Crippen molar-refractivity contribution in [1.82, 2.24) is 13.3 Å². The van der Waals surface area contributed by atoms with Crippen molar-refractivity contribution in [2.45, 2.75) is 42.4 Å². The number of rotatable bonds is 13. The van der Waals surface area contributed by atoms with E-state index in [0.29, 0.717) is 28.8 Å². The molecule has 1 aromatic heterocycles. The SMILES string of the molecule is COC(=O)c1ccc([N+](=O)[O-])c(C(Cc2ccc(S(=O)(=O)N(C)C)cc2)C(C)=O)c1.COC(=O)c1ccc2c(c1)c(Cc1ccc(S(=O)(=O)N(C)C)cc1)c(C)n2O. The van der Waals surface area contributed by atoms with Crippen LogP contribution in [-0.2, 0) is 47.2 Å². The number of carbonyl (C=O) groups is 3. The van der Waals surface area contributed by atoms with E-state index in [-0.39, 0.29) is 38.8 Å². The van der Waals surface area contributed by atoms with Crippen molar-refractivity contribution in [2.24, 2.45) is 0 Å². The van der Waals surface area contributed by atoms with Gasteiger partial charge in [-0.15, -0.1) is 0 Å². The summed E-state index contributed by atoms with van der Waals surface area (Å²) in [7, 11) is 1.24. The van der Waals surface area contributed by atoms with Gasteiger partial charge in [0.1, 0.15) is 5.78 Å². The van der Waals surface area contributed by atoms with Crippen LogP contribution in [0.15, 0.2) is 94.7 Å². The van der Waals surface area contributed by atoms with Crippen LogP contribution in [0.5, 0.6) is 0 Å². The van der Waals surface area contributed by atoms with Crippen molar-refractivity contribution in [3.8, 4) is 0 Å². The Bertz CT molecular complexity index is 2580. The van der Waals surface area contributed by atoms with Gasteiger partial charge in [0.15, 0.2) is 0 Å². The highest BCUT2D eigenvalue weighted by atomic mass is 32.2. The van der Waals surface area contributed by atoms with Crippen LogP contribution in [0.1, 0.15) is 61.5 Å². The molecule has 0 amide bonds. The van der Waals surface area contributed by atoms with E-state index in [1.54, 1.807) is 61.5 Å². The van der Waals surface area contributed by atoms with E-state index < -0.39 is 42.8 Å². The van der Waals surface area contributed by atoms with E-state index in [0.717, 1.165) is 25.5 Å². The Morgan fingerprint density at radius 2 is 1.22 bits per heavy atom. The van der Waals surface area contributed by atoms with Crippen molar-refractivity contribution in [3.05, 3.63) is 134 Å². The lowest BCUT2D eigenvalue weighted by atomic mass is 9.87. The summed E-state index contributed by atoms with van der Waals surface area (Å²) in [6, 6.07) is 21.3. The summed E-state index contributed by atoms with van der Waals surface area (Å²) in [4.78, 5) is 47.2. The molecule has 0 aliphatic rings. The van der Waals surface area contributed by atoms with Crippen LogP contribution < -0.4 is 0 Å². The van der Waals surface area contributed by atoms with Crippen molar-refractivity contribution >= 4 is 54.4 Å². The molecule has 58 heavy (non-hydrogen) atoms. The second kappa shape index (κ2) is 18.1. The van der Waals surface area contributed by atoms with Crippen LogP contribution in [0, 0.1) is 17.0 Å². The number of methoxy groups -OCH3 is 2. The minimum Gasteiger partial charge on any atom is -0.465 e. The molecule has 0 aliphatic carbocycles. The predicted molar refractivity (Wildman–Crippen MR) is 214 cm³/mol. The Morgan fingerprint density at radius 1 is 0.759 bits per heavy atom. The quantitative estimate of drug-likeness (QED) is 0.0687. The average molecular weight is 837 g/mol. The molecule has 16 nitrogen and oxygen atoms in total. The molecule has 1 unspecified atom stereocenters. The molecule has 0 radical (unpaired) electrons. The third-order valence-corrected chi connectivity index (χ3v) is 13.1. The summed E-state index contributed by atoms with van der Waals surface area (Å²) in [5.74, 6) is -2.35. The van der Waals surface area contributed by atoms with E-state index in [2.05, 4.69) is 4.74 Å². The third kappa shape index (κ3) is 9.59. The monoisotopic (exact) mass is 836 g/mol. The van der Waals surface area contributed by atoms with Crippen molar-refractivity contribution in [2.75, 3.05) is 42.4 Å². The third-order valence-electron chi connectivity index (χ3n) is 9.46. The zero-order valence-corrected chi connectivity index (χ0v) is 34.8. The number of ketones is 1. The Morgan fingerprint density at radius 3 is 1.67 bits per heavy atom. The molecule has 1 atom stereocenters. The summed E-state index contributed by atoms with van der Waals surface area (Å²) in [5, 5.41) is 22.6. The first-order chi connectivity index (χ1) is 27.1. The molecule has 0 aliphatic heterocycles. The Balaban J connectivity index is 0.000000257. The zero-order chi connectivity index (χ0) is 43.3. The summed E-state index contributed by atoms with van der Waals surface area (Å²) in [6.45, 7) is 3.10. The highest BCUT2D eigenvalue weighted by molar-refractivity contribution is 7.89. The first kappa shape index (κ1) is 44.8. The Kier molecular flexibility index (Phi) is 14.0. The number of esters is 2. The maximum Gasteiger partial charge on any atom is 0.337 e. The Labute approximate surface area is 336 Å². The van der Waals surface area contributed by atoms with Gasteiger partial charge in [-0.3, -0.25) is 14.9 Å². The fourth-order valence-electron chi connectivity index (χ4n) is 6.09. The van der Waals surface area contributed by atoms with Crippen LogP contribution in [0.2, 0.25) is 0 Å². The number of nitrogens with zero attached hydrogens (tertiary/aromatic N) is 4. The molecule has 18 heteroatoms. The summed E-state index contributed by atoms with van der Waals surface area (Å²) < 4.78 is 61.6. The lowest BCUT2D eigenvalue weighted by molar-refractivity contribution is -0.385. The topological polar surface area (TPSA) is 213 Å².